The molecule has 1 aliphatic rings. The van der Waals surface area contributed by atoms with Crippen LogP contribution in [0.15, 0.2) is 18.3 Å². The molecule has 1 aromatic rings. The summed E-state index contributed by atoms with van der Waals surface area (Å²) in [7, 11) is 0. The Morgan fingerprint density at radius 1 is 1.50 bits per heavy atom. The first-order chi connectivity index (χ1) is 8.58. The summed E-state index contributed by atoms with van der Waals surface area (Å²) >= 11 is 0. The molecule has 4 nitrogen and oxygen atoms in total. The summed E-state index contributed by atoms with van der Waals surface area (Å²) < 4.78 is 0. The molecule has 0 radical (unpaired) electrons. The lowest BCUT2D eigenvalue weighted by Gasteiger charge is -2.34. The molecule has 1 aromatic heterocycles. The van der Waals surface area contributed by atoms with E-state index in [1.54, 1.807) is 19.2 Å². The first-order valence-electron chi connectivity index (χ1n) is 6.48. The van der Waals surface area contributed by atoms with Crippen molar-refractivity contribution in [3.05, 3.63) is 23.9 Å². The lowest BCUT2D eigenvalue weighted by Crippen LogP contribution is -2.37. The number of carbonyl (C=O) groups is 1. The highest BCUT2D eigenvalue weighted by molar-refractivity contribution is 5.94. The van der Waals surface area contributed by atoms with Crippen LogP contribution in [0.1, 0.15) is 37.0 Å². The molecule has 0 spiro atoms. The van der Waals surface area contributed by atoms with Gasteiger partial charge in [-0.2, -0.15) is 0 Å². The smallest absolute Gasteiger partial charge is 0.159 e. The van der Waals surface area contributed by atoms with Crippen molar-refractivity contribution in [2.24, 2.45) is 5.92 Å². The highest BCUT2D eigenvalue weighted by atomic mass is 16.3. The Hall–Kier alpha value is -1.42. The quantitative estimate of drug-likeness (QED) is 0.830. The molecule has 0 bridgehead atoms. The van der Waals surface area contributed by atoms with Gasteiger partial charge in [0, 0.05) is 24.8 Å². The number of nitrogens with zero attached hydrogens (tertiary/aromatic N) is 2. The van der Waals surface area contributed by atoms with Crippen LogP contribution in [0.2, 0.25) is 0 Å². The van der Waals surface area contributed by atoms with Crippen LogP contribution in [0.3, 0.4) is 0 Å². The fourth-order valence-electron chi connectivity index (χ4n) is 2.42. The van der Waals surface area contributed by atoms with E-state index >= 15 is 0 Å². The van der Waals surface area contributed by atoms with Crippen molar-refractivity contribution >= 4 is 11.6 Å². The zero-order chi connectivity index (χ0) is 13.1. The maximum atomic E-state index is 11.3. The maximum absolute atomic E-state index is 11.3. The van der Waals surface area contributed by atoms with Crippen LogP contribution >= 0.6 is 0 Å². The van der Waals surface area contributed by atoms with Crippen molar-refractivity contribution in [2.45, 2.75) is 32.8 Å². The minimum absolute atomic E-state index is 0.0671. The van der Waals surface area contributed by atoms with Gasteiger partial charge >= 0.3 is 0 Å². The van der Waals surface area contributed by atoms with Gasteiger partial charge < -0.3 is 10.0 Å². The van der Waals surface area contributed by atoms with Crippen molar-refractivity contribution in [1.29, 1.82) is 0 Å². The molecule has 0 saturated carbocycles. The minimum Gasteiger partial charge on any atom is -0.393 e. The minimum atomic E-state index is -0.233. The van der Waals surface area contributed by atoms with Crippen LogP contribution in [0.5, 0.6) is 0 Å². The number of hydrogen-bond donors (Lipinski definition) is 1. The summed E-state index contributed by atoms with van der Waals surface area (Å²) in [5.41, 5.74) is 0.706. The van der Waals surface area contributed by atoms with Gasteiger partial charge in [-0.25, -0.2) is 4.98 Å². The summed E-state index contributed by atoms with van der Waals surface area (Å²) in [4.78, 5) is 17.9. The molecule has 1 atom stereocenters. The van der Waals surface area contributed by atoms with Crippen molar-refractivity contribution in [3.63, 3.8) is 0 Å². The van der Waals surface area contributed by atoms with E-state index in [1.807, 2.05) is 13.0 Å². The van der Waals surface area contributed by atoms with Gasteiger partial charge in [-0.15, -0.1) is 0 Å². The van der Waals surface area contributed by atoms with Gasteiger partial charge in [0.2, 0.25) is 0 Å². The van der Waals surface area contributed by atoms with Gasteiger partial charge in [-0.3, -0.25) is 4.79 Å². The van der Waals surface area contributed by atoms with E-state index in [0.717, 1.165) is 31.7 Å². The van der Waals surface area contributed by atoms with Gasteiger partial charge in [0.1, 0.15) is 5.82 Å². The molecule has 1 aliphatic heterocycles. The summed E-state index contributed by atoms with van der Waals surface area (Å²) in [6, 6.07) is 3.60. The van der Waals surface area contributed by atoms with Gasteiger partial charge in [-0.05, 0) is 44.7 Å². The third kappa shape index (κ3) is 2.88. The number of pyridine rings is 1. The highest BCUT2D eigenvalue weighted by Crippen LogP contribution is 2.24. The first-order valence-corrected chi connectivity index (χ1v) is 6.48. The number of carbonyl (C=O) groups excluding carboxylic acids is 1. The molecular weight excluding hydrogens is 228 g/mol. The van der Waals surface area contributed by atoms with Crippen LogP contribution in [-0.2, 0) is 0 Å². The number of aliphatic hydroxyl groups excluding tert-OH is 1. The number of ketones is 1. The number of aliphatic hydroxyl groups is 1. The Morgan fingerprint density at radius 3 is 2.72 bits per heavy atom. The van der Waals surface area contributed by atoms with Gasteiger partial charge in [-0.1, -0.05) is 0 Å². The third-order valence-electron chi connectivity index (χ3n) is 3.70. The number of hydrogen-bond acceptors (Lipinski definition) is 4. The summed E-state index contributed by atoms with van der Waals surface area (Å²) in [6.07, 6.45) is 3.41. The molecule has 1 N–H and O–H groups in total. The number of rotatable bonds is 3. The van der Waals surface area contributed by atoms with Crippen molar-refractivity contribution in [3.8, 4) is 0 Å². The van der Waals surface area contributed by atoms with Crippen LogP contribution in [0.25, 0.3) is 0 Å². The number of aromatic nitrogens is 1. The molecule has 2 heterocycles. The summed E-state index contributed by atoms with van der Waals surface area (Å²) in [5.74, 6) is 1.32. The van der Waals surface area contributed by atoms with E-state index < -0.39 is 0 Å². The monoisotopic (exact) mass is 248 g/mol. The van der Waals surface area contributed by atoms with Crippen molar-refractivity contribution in [1.82, 2.24) is 4.98 Å². The largest absolute Gasteiger partial charge is 0.393 e. The molecule has 2 rings (SSSR count). The summed E-state index contributed by atoms with van der Waals surface area (Å²) in [5, 5.41) is 9.57. The van der Waals surface area contributed by atoms with E-state index in [9.17, 15) is 9.90 Å². The summed E-state index contributed by atoms with van der Waals surface area (Å²) in [6.45, 7) is 5.21. The Kier molecular flexibility index (Phi) is 3.97. The Balaban J connectivity index is 2.05. The molecule has 1 fully saturated rings. The lowest BCUT2D eigenvalue weighted by atomic mass is 9.92. The van der Waals surface area contributed by atoms with E-state index in [1.165, 1.54) is 0 Å². The highest BCUT2D eigenvalue weighted by Gasteiger charge is 2.23. The Bertz CT molecular complexity index is 424. The third-order valence-corrected chi connectivity index (χ3v) is 3.70. The van der Waals surface area contributed by atoms with Gasteiger partial charge in [0.15, 0.2) is 5.78 Å². The number of anilines is 1. The van der Waals surface area contributed by atoms with Crippen LogP contribution in [-0.4, -0.2) is 35.1 Å². The predicted molar refractivity (Wildman–Crippen MR) is 70.9 cm³/mol. The van der Waals surface area contributed by atoms with E-state index in [-0.39, 0.29) is 11.9 Å². The van der Waals surface area contributed by atoms with Gasteiger partial charge in [0.05, 0.1) is 6.10 Å². The normalized spacial score (nSPS) is 18.7. The Labute approximate surface area is 108 Å². The standard InChI is InChI=1S/C14H20N2O2/c1-10(17)12-4-7-16(8-5-12)14-9-13(11(2)18)3-6-15-14/h3,6,9-10,12,17H,4-5,7-8H2,1-2H3. The van der Waals surface area contributed by atoms with E-state index in [2.05, 4.69) is 9.88 Å². The first kappa shape index (κ1) is 13.0. The zero-order valence-electron chi connectivity index (χ0n) is 11.0. The Morgan fingerprint density at radius 2 is 2.17 bits per heavy atom. The van der Waals surface area contributed by atoms with E-state index in [4.69, 9.17) is 0 Å². The molecule has 18 heavy (non-hydrogen) atoms. The second kappa shape index (κ2) is 5.48. The van der Waals surface area contributed by atoms with Crippen LogP contribution < -0.4 is 4.90 Å². The topological polar surface area (TPSA) is 53.4 Å². The number of piperidine rings is 1. The number of Topliss-reactive ketones (excluding diaryl/α,β-unsaturated/α-hetero) is 1. The molecule has 4 heteroatoms. The van der Waals surface area contributed by atoms with Crippen molar-refractivity contribution < 1.29 is 9.90 Å². The molecular formula is C14H20N2O2. The lowest BCUT2D eigenvalue weighted by molar-refractivity contribution is 0.101. The predicted octanol–water partition coefficient (Wildman–Crippen LogP) is 1.88. The molecule has 0 amide bonds. The van der Waals surface area contributed by atoms with Crippen LogP contribution in [0.4, 0.5) is 5.82 Å². The fourth-order valence-corrected chi connectivity index (χ4v) is 2.42. The van der Waals surface area contributed by atoms with Crippen molar-refractivity contribution in [2.75, 3.05) is 18.0 Å². The van der Waals surface area contributed by atoms with Gasteiger partial charge in [0.25, 0.3) is 0 Å². The fraction of sp³-hybridized carbons (Fsp3) is 0.571. The second-order valence-electron chi connectivity index (χ2n) is 5.02. The molecule has 0 aromatic carbocycles. The van der Waals surface area contributed by atoms with E-state index in [0.29, 0.717) is 11.5 Å². The molecule has 98 valence electrons. The molecule has 1 unspecified atom stereocenters. The average Bonchev–Trinajstić information content (AvgIpc) is 2.39. The second-order valence-corrected chi connectivity index (χ2v) is 5.02. The molecule has 1 saturated heterocycles. The zero-order valence-corrected chi connectivity index (χ0v) is 11.0. The maximum Gasteiger partial charge on any atom is 0.159 e. The SMILES string of the molecule is CC(=O)c1ccnc(N2CCC(C(C)O)CC2)c1. The average molecular weight is 248 g/mol. The molecule has 0 aliphatic carbocycles. The van der Waals surface area contributed by atoms with Crippen LogP contribution in [0, 0.1) is 5.92 Å².